The number of benzene rings is 2. The molecule has 0 saturated carbocycles. The third-order valence-corrected chi connectivity index (χ3v) is 4.84. The van der Waals surface area contributed by atoms with Crippen molar-refractivity contribution in [3.8, 4) is 6.07 Å². The maximum atomic E-state index is 12.0. The van der Waals surface area contributed by atoms with Gasteiger partial charge in [-0.05, 0) is 53.9 Å². The van der Waals surface area contributed by atoms with Crippen molar-refractivity contribution in [3.63, 3.8) is 0 Å². The van der Waals surface area contributed by atoms with Crippen molar-refractivity contribution in [3.05, 3.63) is 58.7 Å². The van der Waals surface area contributed by atoms with Gasteiger partial charge in [0.2, 0.25) is 0 Å². The van der Waals surface area contributed by atoms with Gasteiger partial charge in [-0.25, -0.2) is 8.42 Å². The number of halogens is 1. The summed E-state index contributed by atoms with van der Waals surface area (Å²) in [5, 5.41) is 11.2. The number of hydrogen-bond acceptors (Lipinski definition) is 5. The Labute approximate surface area is 145 Å². The molecule has 124 valence electrons. The van der Waals surface area contributed by atoms with Gasteiger partial charge in [0.25, 0.3) is 5.24 Å². The molecule has 0 unspecified atom stereocenters. The third-order valence-electron chi connectivity index (χ3n) is 3.50. The maximum Gasteiger partial charge on any atom is 0.252 e. The minimum Gasteiger partial charge on any atom is -0.380 e. The van der Waals surface area contributed by atoms with Crippen LogP contribution in [0.15, 0.2) is 41.3 Å². The summed E-state index contributed by atoms with van der Waals surface area (Å²) in [4.78, 5) is 11.4. The first-order chi connectivity index (χ1) is 11.2. The molecule has 0 heterocycles. The van der Waals surface area contributed by atoms with Crippen LogP contribution in [0.3, 0.4) is 0 Å². The fourth-order valence-electron chi connectivity index (χ4n) is 2.24. The average Bonchev–Trinajstić information content (AvgIpc) is 2.51. The fourth-order valence-corrected chi connectivity index (χ4v) is 3.31. The summed E-state index contributed by atoms with van der Waals surface area (Å²) >= 11 is 5.50. The van der Waals surface area contributed by atoms with Gasteiger partial charge in [0.15, 0.2) is 9.84 Å². The van der Waals surface area contributed by atoms with Gasteiger partial charge in [0, 0.05) is 18.4 Å². The van der Waals surface area contributed by atoms with Gasteiger partial charge in [0.1, 0.15) is 0 Å². The number of carbonyl (C=O) groups excluding carboxylic acids is 1. The molecule has 0 aliphatic rings. The second-order valence-corrected chi connectivity index (χ2v) is 7.70. The molecule has 5 nitrogen and oxygen atoms in total. The van der Waals surface area contributed by atoms with Crippen LogP contribution in [0, 0.1) is 18.3 Å². The molecule has 2 rings (SSSR count). The van der Waals surface area contributed by atoms with Gasteiger partial charge in [-0.2, -0.15) is 5.26 Å². The summed E-state index contributed by atoms with van der Waals surface area (Å²) < 4.78 is 24.0. The Balaban J connectivity index is 2.36. The zero-order chi connectivity index (χ0) is 17.9. The van der Waals surface area contributed by atoms with Crippen molar-refractivity contribution in [1.82, 2.24) is 0 Å². The third kappa shape index (κ3) is 4.13. The highest BCUT2D eigenvalue weighted by Crippen LogP contribution is 2.27. The molecule has 0 aromatic heterocycles. The summed E-state index contributed by atoms with van der Waals surface area (Å²) in [6.07, 6.45) is 1.08. The highest BCUT2D eigenvalue weighted by molar-refractivity contribution is 7.90. The molecule has 2 aromatic rings. The van der Waals surface area contributed by atoms with E-state index in [1.54, 1.807) is 37.3 Å². The molecule has 0 aliphatic heterocycles. The van der Waals surface area contributed by atoms with Crippen molar-refractivity contribution >= 4 is 32.4 Å². The Hall–Kier alpha value is -2.36. The molecule has 0 spiro atoms. The zero-order valence-corrected chi connectivity index (χ0v) is 14.7. The van der Waals surface area contributed by atoms with E-state index in [4.69, 9.17) is 16.9 Å². The number of hydrogen-bond donors (Lipinski definition) is 1. The first-order valence-electron chi connectivity index (χ1n) is 7.00. The molecule has 1 N–H and O–H groups in total. The lowest BCUT2D eigenvalue weighted by atomic mass is 10.1. The van der Waals surface area contributed by atoms with Crippen LogP contribution in [-0.2, 0) is 16.4 Å². The van der Waals surface area contributed by atoms with Crippen LogP contribution in [0.5, 0.6) is 0 Å². The van der Waals surface area contributed by atoms with Crippen molar-refractivity contribution in [2.24, 2.45) is 0 Å². The Bertz CT molecular complexity index is 930. The van der Waals surface area contributed by atoms with Crippen molar-refractivity contribution in [1.29, 1.82) is 5.26 Å². The van der Waals surface area contributed by atoms with Crippen LogP contribution in [0.4, 0.5) is 5.69 Å². The lowest BCUT2D eigenvalue weighted by molar-refractivity contribution is 0.108. The predicted octanol–water partition coefficient (Wildman–Crippen LogP) is 3.26. The predicted molar refractivity (Wildman–Crippen MR) is 93.0 cm³/mol. The van der Waals surface area contributed by atoms with Crippen LogP contribution in [0.2, 0.25) is 0 Å². The molecule has 0 radical (unpaired) electrons. The second kappa shape index (κ2) is 7.04. The number of nitrogens with one attached hydrogen (secondary N) is 1. The minimum atomic E-state index is -3.54. The highest BCUT2D eigenvalue weighted by Gasteiger charge is 2.18. The topological polar surface area (TPSA) is 87.0 Å². The Morgan fingerprint density at radius 1 is 1.25 bits per heavy atom. The van der Waals surface area contributed by atoms with E-state index in [0.29, 0.717) is 23.4 Å². The van der Waals surface area contributed by atoms with Gasteiger partial charge < -0.3 is 5.32 Å². The van der Waals surface area contributed by atoms with E-state index in [0.717, 1.165) is 11.8 Å². The number of aryl methyl sites for hydroxylation is 1. The van der Waals surface area contributed by atoms with Crippen LogP contribution in [-0.4, -0.2) is 19.9 Å². The molecule has 0 saturated heterocycles. The monoisotopic (exact) mass is 362 g/mol. The standard InChI is InChI=1S/C17H15ClN2O3S/c1-11-7-15(16(24(2,22)23)8-14(11)17(18)21)20-10-13-5-3-12(9-19)4-6-13/h3-8,20H,10H2,1-2H3. The van der Waals surface area contributed by atoms with Crippen LogP contribution in [0.1, 0.15) is 27.0 Å². The number of nitriles is 1. The second-order valence-electron chi connectivity index (χ2n) is 5.37. The number of rotatable bonds is 5. The lowest BCUT2D eigenvalue weighted by Gasteiger charge is -2.14. The summed E-state index contributed by atoms with van der Waals surface area (Å²) in [6, 6.07) is 11.9. The number of anilines is 1. The van der Waals surface area contributed by atoms with Crippen LogP contribution in [0.25, 0.3) is 0 Å². The summed E-state index contributed by atoms with van der Waals surface area (Å²) in [6.45, 7) is 2.07. The maximum absolute atomic E-state index is 12.0. The average molecular weight is 363 g/mol. The Morgan fingerprint density at radius 3 is 2.38 bits per heavy atom. The molecule has 7 heteroatoms. The van der Waals surface area contributed by atoms with Crippen LogP contribution < -0.4 is 5.32 Å². The summed E-state index contributed by atoms with van der Waals surface area (Å²) in [7, 11) is -3.54. The zero-order valence-electron chi connectivity index (χ0n) is 13.1. The smallest absolute Gasteiger partial charge is 0.252 e. The molecular weight excluding hydrogens is 348 g/mol. The Kier molecular flexibility index (Phi) is 5.27. The van der Waals surface area contributed by atoms with Crippen LogP contribution >= 0.6 is 11.6 Å². The molecule has 0 amide bonds. The van der Waals surface area contributed by atoms with E-state index in [9.17, 15) is 13.2 Å². The van der Waals surface area contributed by atoms with E-state index in [2.05, 4.69) is 5.32 Å². The number of nitrogens with zero attached hydrogens (tertiary/aromatic N) is 1. The van der Waals surface area contributed by atoms with E-state index in [1.165, 1.54) is 6.07 Å². The van der Waals surface area contributed by atoms with Crippen molar-refractivity contribution < 1.29 is 13.2 Å². The molecule has 0 bridgehead atoms. The number of sulfone groups is 1. The Morgan fingerprint density at radius 2 is 1.88 bits per heavy atom. The van der Waals surface area contributed by atoms with Crippen molar-refractivity contribution in [2.75, 3.05) is 11.6 Å². The first-order valence-corrected chi connectivity index (χ1v) is 9.26. The lowest BCUT2D eigenvalue weighted by Crippen LogP contribution is -2.09. The van der Waals surface area contributed by atoms with E-state index in [1.807, 2.05) is 6.07 Å². The summed E-state index contributed by atoms with van der Waals surface area (Å²) in [5.41, 5.74) is 2.60. The molecule has 0 atom stereocenters. The number of carbonyl (C=O) groups is 1. The molecular formula is C17H15ClN2O3S. The van der Waals surface area contributed by atoms with E-state index in [-0.39, 0.29) is 10.5 Å². The SMILES string of the molecule is Cc1cc(NCc2ccc(C#N)cc2)c(S(C)(=O)=O)cc1C(=O)Cl. The van der Waals surface area contributed by atoms with Gasteiger partial charge in [0.05, 0.1) is 22.2 Å². The summed E-state index contributed by atoms with van der Waals surface area (Å²) in [5.74, 6) is 0. The quantitative estimate of drug-likeness (QED) is 0.825. The largest absolute Gasteiger partial charge is 0.380 e. The molecule has 24 heavy (non-hydrogen) atoms. The van der Waals surface area contributed by atoms with Gasteiger partial charge in [-0.3, -0.25) is 4.79 Å². The molecule has 0 aliphatic carbocycles. The van der Waals surface area contributed by atoms with Gasteiger partial charge in [-0.1, -0.05) is 12.1 Å². The first kappa shape index (κ1) is 18.0. The molecule has 0 fully saturated rings. The fraction of sp³-hybridized carbons (Fsp3) is 0.176. The molecule has 2 aromatic carbocycles. The normalized spacial score (nSPS) is 10.9. The van der Waals surface area contributed by atoms with Crippen molar-refractivity contribution in [2.45, 2.75) is 18.4 Å². The van der Waals surface area contributed by atoms with Gasteiger partial charge in [-0.15, -0.1) is 0 Å². The van der Waals surface area contributed by atoms with E-state index < -0.39 is 15.1 Å². The minimum absolute atomic E-state index is 0.0192. The van der Waals surface area contributed by atoms with E-state index >= 15 is 0 Å². The van der Waals surface area contributed by atoms with Gasteiger partial charge >= 0.3 is 0 Å². The highest BCUT2D eigenvalue weighted by atomic mass is 35.5.